The number of halogens is 3. The lowest BCUT2D eigenvalue weighted by Gasteiger charge is -2.35. The SMILES string of the molecule is COc1ccc(C(=O)N[C@]2(C(F)(F)F)C(=O)N(CC3CCCCC3)C3=C2C(=O)CC(C)(C)C3)cc1OC. The summed E-state index contributed by atoms with van der Waals surface area (Å²) >= 11 is 0. The highest BCUT2D eigenvalue weighted by atomic mass is 19.4. The van der Waals surface area contributed by atoms with Crippen LogP contribution in [0, 0.1) is 11.3 Å². The van der Waals surface area contributed by atoms with Crippen molar-refractivity contribution in [1.29, 1.82) is 0 Å². The first-order chi connectivity index (χ1) is 17.3. The lowest BCUT2D eigenvalue weighted by atomic mass is 9.72. The van der Waals surface area contributed by atoms with E-state index < -0.39 is 40.3 Å². The quantitative estimate of drug-likeness (QED) is 0.580. The summed E-state index contributed by atoms with van der Waals surface area (Å²) in [5, 5.41) is 1.98. The third-order valence-corrected chi connectivity index (χ3v) is 7.66. The molecule has 1 aromatic carbocycles. The highest BCUT2D eigenvalue weighted by Gasteiger charge is 2.71. The first-order valence-electron chi connectivity index (χ1n) is 12.5. The molecule has 1 saturated carbocycles. The molecule has 2 aliphatic carbocycles. The molecule has 1 N–H and O–H groups in total. The average Bonchev–Trinajstić information content (AvgIpc) is 3.06. The van der Waals surface area contributed by atoms with E-state index >= 15 is 13.2 Å². The van der Waals surface area contributed by atoms with Crippen LogP contribution in [0.25, 0.3) is 0 Å². The molecule has 0 unspecified atom stereocenters. The summed E-state index contributed by atoms with van der Waals surface area (Å²) in [5.74, 6) is -2.75. The van der Waals surface area contributed by atoms with Gasteiger partial charge in [0.2, 0.25) is 5.54 Å². The van der Waals surface area contributed by atoms with Gasteiger partial charge in [-0.25, -0.2) is 0 Å². The van der Waals surface area contributed by atoms with Crippen LogP contribution < -0.4 is 14.8 Å². The predicted octanol–water partition coefficient (Wildman–Crippen LogP) is 4.80. The van der Waals surface area contributed by atoms with Gasteiger partial charge < -0.3 is 19.7 Å². The maximum atomic E-state index is 15.0. The molecule has 0 radical (unpaired) electrons. The van der Waals surface area contributed by atoms with Gasteiger partial charge in [0, 0.05) is 24.2 Å². The first kappa shape index (κ1) is 27.0. The molecule has 1 aromatic rings. The summed E-state index contributed by atoms with van der Waals surface area (Å²) in [6, 6.07) is 3.90. The van der Waals surface area contributed by atoms with Crippen LogP contribution in [0.3, 0.4) is 0 Å². The van der Waals surface area contributed by atoms with Gasteiger partial charge in [-0.05, 0) is 48.8 Å². The number of hydrogen-bond donors (Lipinski definition) is 1. The molecule has 7 nitrogen and oxygen atoms in total. The summed E-state index contributed by atoms with van der Waals surface area (Å²) in [5.41, 5.74) is -4.79. The van der Waals surface area contributed by atoms with E-state index in [2.05, 4.69) is 0 Å². The highest BCUT2D eigenvalue weighted by molar-refractivity contribution is 6.14. The molecule has 1 heterocycles. The number of ketones is 1. The van der Waals surface area contributed by atoms with Gasteiger partial charge in [-0.3, -0.25) is 14.4 Å². The van der Waals surface area contributed by atoms with E-state index in [1.807, 2.05) is 5.32 Å². The smallest absolute Gasteiger partial charge is 0.425 e. The van der Waals surface area contributed by atoms with Gasteiger partial charge in [-0.1, -0.05) is 33.1 Å². The van der Waals surface area contributed by atoms with Gasteiger partial charge in [-0.2, -0.15) is 13.2 Å². The largest absolute Gasteiger partial charge is 0.493 e. The van der Waals surface area contributed by atoms with E-state index in [1.165, 1.54) is 32.4 Å². The van der Waals surface area contributed by atoms with E-state index in [4.69, 9.17) is 9.47 Å². The molecule has 4 rings (SSSR count). The van der Waals surface area contributed by atoms with Gasteiger partial charge in [0.1, 0.15) is 0 Å². The lowest BCUT2D eigenvalue weighted by Crippen LogP contribution is -2.66. The third-order valence-electron chi connectivity index (χ3n) is 7.66. The Kier molecular flexibility index (Phi) is 7.07. The van der Waals surface area contributed by atoms with E-state index in [1.54, 1.807) is 13.8 Å². The number of amides is 2. The van der Waals surface area contributed by atoms with Gasteiger partial charge in [-0.15, -0.1) is 0 Å². The van der Waals surface area contributed by atoms with E-state index in [0.717, 1.165) is 37.0 Å². The Balaban J connectivity index is 1.81. The number of nitrogens with zero attached hydrogens (tertiary/aromatic N) is 1. The second-order valence-corrected chi connectivity index (χ2v) is 11.0. The topological polar surface area (TPSA) is 84.9 Å². The standard InChI is InChI=1S/C27H33F3N2O5/c1-25(2)13-18-22(19(33)14-25)26(27(28,29)30,24(35)32(18)15-16-8-6-5-7-9-16)31-23(34)17-10-11-20(36-3)21(12-17)37-4/h10-12,16H,5-9,13-15H2,1-4H3,(H,31,34)/t26-/m0/s1. The summed E-state index contributed by atoms with van der Waals surface area (Å²) < 4.78 is 55.3. The zero-order valence-corrected chi connectivity index (χ0v) is 21.6. The number of Topliss-reactive ketones (excluding diaryl/α,β-unsaturated/α-hetero) is 1. The molecular weight excluding hydrogens is 489 g/mol. The Morgan fingerprint density at radius 2 is 1.70 bits per heavy atom. The van der Waals surface area contributed by atoms with Crippen LogP contribution in [0.15, 0.2) is 29.5 Å². The molecule has 10 heteroatoms. The Morgan fingerprint density at radius 3 is 2.30 bits per heavy atom. The Bertz CT molecular complexity index is 1140. The van der Waals surface area contributed by atoms with E-state index in [0.29, 0.717) is 0 Å². The first-order valence-corrected chi connectivity index (χ1v) is 12.5. The zero-order valence-electron chi connectivity index (χ0n) is 21.6. The molecule has 37 heavy (non-hydrogen) atoms. The van der Waals surface area contributed by atoms with Gasteiger partial charge in [0.15, 0.2) is 17.3 Å². The van der Waals surface area contributed by atoms with Crippen molar-refractivity contribution in [1.82, 2.24) is 10.2 Å². The van der Waals surface area contributed by atoms with Gasteiger partial charge >= 0.3 is 6.18 Å². The number of carbonyl (C=O) groups is 3. The van der Waals surface area contributed by atoms with Crippen LogP contribution in [0.1, 0.15) is 69.2 Å². The molecule has 1 fully saturated rings. The van der Waals surface area contributed by atoms with Crippen molar-refractivity contribution >= 4 is 17.6 Å². The summed E-state index contributed by atoms with van der Waals surface area (Å²) in [7, 11) is 2.72. The minimum absolute atomic E-state index is 0.0391. The molecule has 1 aliphatic heterocycles. The minimum atomic E-state index is -5.24. The summed E-state index contributed by atoms with van der Waals surface area (Å²) in [6.07, 6.45) is -0.696. The van der Waals surface area contributed by atoms with Crippen molar-refractivity contribution in [3.05, 3.63) is 35.0 Å². The van der Waals surface area contributed by atoms with Crippen LogP contribution in [0.4, 0.5) is 13.2 Å². The van der Waals surface area contributed by atoms with Crippen molar-refractivity contribution < 1.29 is 37.0 Å². The number of ether oxygens (including phenoxy) is 2. The Morgan fingerprint density at radius 1 is 1.05 bits per heavy atom. The fourth-order valence-corrected chi connectivity index (χ4v) is 5.87. The average molecular weight is 523 g/mol. The van der Waals surface area contributed by atoms with E-state index in [-0.39, 0.29) is 48.1 Å². The maximum Gasteiger partial charge on any atom is 0.425 e. The molecule has 2 amide bonds. The second-order valence-electron chi connectivity index (χ2n) is 11.0. The fourth-order valence-electron chi connectivity index (χ4n) is 5.87. The van der Waals surface area contributed by atoms with Crippen molar-refractivity contribution in [2.45, 2.75) is 70.5 Å². The molecule has 202 valence electrons. The molecular formula is C27H33F3N2O5. The monoisotopic (exact) mass is 522 g/mol. The van der Waals surface area contributed by atoms with Gasteiger partial charge in [0.25, 0.3) is 11.8 Å². The van der Waals surface area contributed by atoms with E-state index in [9.17, 15) is 14.4 Å². The van der Waals surface area contributed by atoms with Gasteiger partial charge in [0.05, 0.1) is 19.8 Å². The zero-order chi connectivity index (χ0) is 27.2. The van der Waals surface area contributed by atoms with Crippen molar-refractivity contribution in [2.75, 3.05) is 20.8 Å². The Hall–Kier alpha value is -3.04. The number of nitrogens with one attached hydrogen (secondary N) is 1. The normalized spacial score (nSPS) is 24.2. The molecule has 3 aliphatic rings. The second kappa shape index (κ2) is 9.68. The lowest BCUT2D eigenvalue weighted by molar-refractivity contribution is -0.190. The number of carbonyl (C=O) groups excluding carboxylic acids is 3. The minimum Gasteiger partial charge on any atom is -0.493 e. The number of hydrogen-bond acceptors (Lipinski definition) is 5. The fraction of sp³-hybridized carbons (Fsp3) is 0.593. The molecule has 0 saturated heterocycles. The number of methoxy groups -OCH3 is 2. The molecule has 1 atom stereocenters. The predicted molar refractivity (Wildman–Crippen MR) is 129 cm³/mol. The number of allylic oxidation sites excluding steroid dienone is 1. The van der Waals surface area contributed by atoms with Crippen LogP contribution in [0.2, 0.25) is 0 Å². The summed E-state index contributed by atoms with van der Waals surface area (Å²) in [6.45, 7) is 3.70. The van der Waals surface area contributed by atoms with Crippen molar-refractivity contribution in [3.8, 4) is 11.5 Å². The molecule has 0 bridgehead atoms. The van der Waals surface area contributed by atoms with Crippen molar-refractivity contribution in [2.24, 2.45) is 11.3 Å². The van der Waals surface area contributed by atoms with Crippen LogP contribution in [0.5, 0.6) is 11.5 Å². The molecule has 0 spiro atoms. The number of benzene rings is 1. The van der Waals surface area contributed by atoms with Crippen molar-refractivity contribution in [3.63, 3.8) is 0 Å². The number of alkyl halides is 3. The summed E-state index contributed by atoms with van der Waals surface area (Å²) in [4.78, 5) is 41.5. The number of rotatable bonds is 6. The highest BCUT2D eigenvalue weighted by Crippen LogP contribution is 2.52. The van der Waals surface area contributed by atoms with Crippen LogP contribution in [-0.2, 0) is 9.59 Å². The maximum absolute atomic E-state index is 15.0. The Labute approximate surface area is 214 Å². The van der Waals surface area contributed by atoms with Crippen LogP contribution >= 0.6 is 0 Å². The third kappa shape index (κ3) is 4.70. The molecule has 0 aromatic heterocycles. The van der Waals surface area contributed by atoms with Crippen LogP contribution in [-0.4, -0.2) is 55.0 Å².